The SMILES string of the molecule is C[C@H]1[C@H](c2ccccc2)N[C@H](c2ccccc2)C[C@]1(C#N)Nc1ccccc1. The number of para-hydroxylation sites is 1. The van der Waals surface area contributed by atoms with Crippen molar-refractivity contribution in [2.24, 2.45) is 5.92 Å². The van der Waals surface area contributed by atoms with Crippen LogP contribution in [0.4, 0.5) is 5.69 Å². The molecule has 0 spiro atoms. The zero-order chi connectivity index (χ0) is 19.4. The Morgan fingerprint density at radius 3 is 1.96 bits per heavy atom. The minimum atomic E-state index is -0.673. The van der Waals surface area contributed by atoms with Gasteiger partial charge in [-0.25, -0.2) is 0 Å². The maximum atomic E-state index is 10.4. The molecule has 1 aliphatic rings. The van der Waals surface area contributed by atoms with Gasteiger partial charge in [-0.1, -0.05) is 85.8 Å². The summed E-state index contributed by atoms with van der Waals surface area (Å²) >= 11 is 0. The second-order valence-corrected chi connectivity index (χ2v) is 7.59. The first-order valence-corrected chi connectivity index (χ1v) is 9.82. The third-order valence-electron chi connectivity index (χ3n) is 5.89. The quantitative estimate of drug-likeness (QED) is 0.642. The second kappa shape index (κ2) is 7.88. The molecule has 0 radical (unpaired) electrons. The highest BCUT2D eigenvalue weighted by atomic mass is 15.1. The van der Waals surface area contributed by atoms with Gasteiger partial charge in [-0.15, -0.1) is 0 Å². The maximum absolute atomic E-state index is 10.4. The molecule has 1 saturated heterocycles. The van der Waals surface area contributed by atoms with Gasteiger partial charge in [-0.2, -0.15) is 5.26 Å². The third kappa shape index (κ3) is 3.52. The van der Waals surface area contributed by atoms with Gasteiger partial charge < -0.3 is 10.6 Å². The fourth-order valence-corrected chi connectivity index (χ4v) is 4.28. The molecule has 0 unspecified atom stereocenters. The molecule has 1 aliphatic heterocycles. The van der Waals surface area contributed by atoms with Crippen LogP contribution in [-0.4, -0.2) is 5.54 Å². The van der Waals surface area contributed by atoms with Crippen molar-refractivity contribution in [2.75, 3.05) is 5.32 Å². The minimum absolute atomic E-state index is 0.0796. The molecule has 4 atom stereocenters. The normalized spacial score (nSPS) is 26.9. The zero-order valence-electron chi connectivity index (χ0n) is 16.0. The van der Waals surface area contributed by atoms with Crippen molar-refractivity contribution in [3.8, 4) is 6.07 Å². The molecule has 3 aromatic carbocycles. The predicted octanol–water partition coefficient (Wildman–Crippen LogP) is 5.47. The topological polar surface area (TPSA) is 47.9 Å². The highest BCUT2D eigenvalue weighted by Crippen LogP contribution is 2.44. The summed E-state index contributed by atoms with van der Waals surface area (Å²) < 4.78 is 0. The summed E-state index contributed by atoms with van der Waals surface area (Å²) in [5, 5.41) is 17.8. The Kier molecular flexibility index (Phi) is 5.14. The number of hydrogen-bond donors (Lipinski definition) is 2. The van der Waals surface area contributed by atoms with Crippen LogP contribution < -0.4 is 10.6 Å². The molecule has 1 fully saturated rings. The first-order valence-electron chi connectivity index (χ1n) is 9.82. The van der Waals surface area contributed by atoms with E-state index in [-0.39, 0.29) is 18.0 Å². The highest BCUT2D eigenvalue weighted by Gasteiger charge is 2.47. The number of rotatable bonds is 4. The number of hydrogen-bond acceptors (Lipinski definition) is 3. The Morgan fingerprint density at radius 1 is 0.857 bits per heavy atom. The summed E-state index contributed by atoms with van der Waals surface area (Å²) in [7, 11) is 0. The van der Waals surface area contributed by atoms with Crippen molar-refractivity contribution in [3.05, 3.63) is 102 Å². The average Bonchev–Trinajstić information content (AvgIpc) is 2.77. The fourth-order valence-electron chi connectivity index (χ4n) is 4.28. The number of piperidine rings is 1. The second-order valence-electron chi connectivity index (χ2n) is 7.59. The zero-order valence-corrected chi connectivity index (χ0v) is 16.0. The molecule has 0 saturated carbocycles. The summed E-state index contributed by atoms with van der Waals surface area (Å²) in [6, 6.07) is 33.8. The van der Waals surface area contributed by atoms with Crippen LogP contribution in [0.25, 0.3) is 0 Å². The fraction of sp³-hybridized carbons (Fsp3) is 0.240. The lowest BCUT2D eigenvalue weighted by Gasteiger charge is -2.47. The van der Waals surface area contributed by atoms with Gasteiger partial charge in [0, 0.05) is 30.1 Å². The summed E-state index contributed by atoms with van der Waals surface area (Å²) in [5.74, 6) is 0.0834. The lowest BCUT2D eigenvalue weighted by Crippen LogP contribution is -2.55. The van der Waals surface area contributed by atoms with E-state index in [0.717, 1.165) is 5.69 Å². The van der Waals surface area contributed by atoms with Gasteiger partial charge in [-0.3, -0.25) is 0 Å². The minimum Gasteiger partial charge on any atom is -0.367 e. The number of anilines is 1. The smallest absolute Gasteiger partial charge is 0.131 e. The van der Waals surface area contributed by atoms with E-state index in [1.807, 2.05) is 42.5 Å². The maximum Gasteiger partial charge on any atom is 0.131 e. The van der Waals surface area contributed by atoms with Crippen molar-refractivity contribution >= 4 is 5.69 Å². The van der Waals surface area contributed by atoms with E-state index in [4.69, 9.17) is 0 Å². The molecule has 0 amide bonds. The van der Waals surface area contributed by atoms with Crippen LogP contribution in [0, 0.1) is 17.2 Å². The molecule has 1 heterocycles. The van der Waals surface area contributed by atoms with Gasteiger partial charge in [-0.05, 0) is 23.3 Å². The molecular formula is C25H25N3. The molecule has 4 rings (SSSR count). The number of nitriles is 1. The van der Waals surface area contributed by atoms with Crippen LogP contribution in [0.15, 0.2) is 91.0 Å². The number of nitrogens with zero attached hydrogens (tertiary/aromatic N) is 1. The molecular weight excluding hydrogens is 342 g/mol. The Bertz CT molecular complexity index is 934. The highest BCUT2D eigenvalue weighted by molar-refractivity contribution is 5.49. The van der Waals surface area contributed by atoms with E-state index < -0.39 is 5.54 Å². The summed E-state index contributed by atoms with van der Waals surface area (Å²) in [6.45, 7) is 2.17. The number of benzene rings is 3. The first-order chi connectivity index (χ1) is 13.7. The van der Waals surface area contributed by atoms with Crippen LogP contribution in [0.5, 0.6) is 0 Å². The van der Waals surface area contributed by atoms with E-state index in [1.165, 1.54) is 11.1 Å². The summed E-state index contributed by atoms with van der Waals surface area (Å²) in [4.78, 5) is 0. The van der Waals surface area contributed by atoms with E-state index in [1.54, 1.807) is 0 Å². The molecule has 0 aliphatic carbocycles. The van der Waals surface area contributed by atoms with E-state index >= 15 is 0 Å². The number of nitrogens with one attached hydrogen (secondary N) is 2. The molecule has 3 heteroatoms. The van der Waals surface area contributed by atoms with Gasteiger partial charge in [0.2, 0.25) is 0 Å². The third-order valence-corrected chi connectivity index (χ3v) is 5.89. The molecule has 3 nitrogen and oxygen atoms in total. The molecule has 140 valence electrons. The van der Waals surface area contributed by atoms with Crippen molar-refractivity contribution in [1.82, 2.24) is 5.32 Å². The van der Waals surface area contributed by atoms with E-state index in [2.05, 4.69) is 72.2 Å². The van der Waals surface area contributed by atoms with Crippen molar-refractivity contribution in [2.45, 2.75) is 31.0 Å². The molecule has 3 aromatic rings. The Balaban J connectivity index is 1.76. The molecule has 0 bridgehead atoms. The van der Waals surface area contributed by atoms with Crippen LogP contribution in [0.3, 0.4) is 0 Å². The average molecular weight is 367 g/mol. The van der Waals surface area contributed by atoms with Crippen LogP contribution in [0.1, 0.15) is 36.6 Å². The van der Waals surface area contributed by atoms with Gasteiger partial charge in [0.05, 0.1) is 6.07 Å². The van der Waals surface area contributed by atoms with E-state index in [0.29, 0.717) is 6.42 Å². The Labute approximate surface area is 167 Å². The molecule has 28 heavy (non-hydrogen) atoms. The lowest BCUT2D eigenvalue weighted by atomic mass is 9.70. The monoisotopic (exact) mass is 367 g/mol. The van der Waals surface area contributed by atoms with Gasteiger partial charge >= 0.3 is 0 Å². The predicted molar refractivity (Wildman–Crippen MR) is 114 cm³/mol. The molecule has 0 aromatic heterocycles. The first kappa shape index (κ1) is 18.3. The van der Waals surface area contributed by atoms with E-state index in [9.17, 15) is 5.26 Å². The Hall–Kier alpha value is -3.09. The van der Waals surface area contributed by atoms with Crippen LogP contribution in [-0.2, 0) is 0 Å². The largest absolute Gasteiger partial charge is 0.367 e. The van der Waals surface area contributed by atoms with Crippen LogP contribution in [0.2, 0.25) is 0 Å². The van der Waals surface area contributed by atoms with Crippen molar-refractivity contribution < 1.29 is 0 Å². The Morgan fingerprint density at radius 2 is 1.39 bits per heavy atom. The van der Waals surface area contributed by atoms with Gasteiger partial charge in [0.15, 0.2) is 0 Å². The van der Waals surface area contributed by atoms with Gasteiger partial charge in [0.1, 0.15) is 5.54 Å². The summed E-state index contributed by atoms with van der Waals surface area (Å²) in [6.07, 6.45) is 0.701. The van der Waals surface area contributed by atoms with Crippen LogP contribution >= 0.6 is 0 Å². The van der Waals surface area contributed by atoms with Crippen molar-refractivity contribution in [1.29, 1.82) is 5.26 Å². The van der Waals surface area contributed by atoms with Gasteiger partial charge in [0.25, 0.3) is 0 Å². The van der Waals surface area contributed by atoms with Crippen molar-refractivity contribution in [3.63, 3.8) is 0 Å². The summed E-state index contributed by atoms with van der Waals surface area (Å²) in [5.41, 5.74) is 2.74. The molecule has 2 N–H and O–H groups in total. The standard InChI is InChI=1S/C25H25N3/c1-19-24(21-13-7-3-8-14-21)27-23(20-11-5-2-6-12-20)17-25(19,18-26)28-22-15-9-4-10-16-22/h2-16,19,23-24,27-28H,17H2,1H3/t19-,23-,24+,25+/m0/s1. The lowest BCUT2D eigenvalue weighted by molar-refractivity contribution is 0.185.